The van der Waals surface area contributed by atoms with E-state index in [9.17, 15) is 5.11 Å². The van der Waals surface area contributed by atoms with Gasteiger partial charge in [-0.1, -0.05) is 5.23 Å². The fourth-order valence-electron chi connectivity index (χ4n) is 0.987. The maximum atomic E-state index is 9.74. The molecule has 1 N–H and O–H groups in total. The fraction of sp³-hybridized carbons (Fsp3) is 0.625. The van der Waals surface area contributed by atoms with Gasteiger partial charge < -0.3 is 5.11 Å². The zero-order valence-corrected chi connectivity index (χ0v) is 9.24. The highest BCUT2D eigenvalue weighted by Crippen LogP contribution is 2.20. The van der Waals surface area contributed by atoms with Gasteiger partial charge in [0, 0.05) is 6.20 Å². The van der Waals surface area contributed by atoms with E-state index in [1.807, 2.05) is 6.92 Å². The second-order valence-corrected chi connectivity index (χ2v) is 3.94. The maximum Gasteiger partial charge on any atom is 0.107 e. The molecule has 0 aromatic carbocycles. The summed E-state index contributed by atoms with van der Waals surface area (Å²) in [5.74, 6) is 0. The van der Waals surface area contributed by atoms with Gasteiger partial charge in [-0.2, -0.15) is 0 Å². The van der Waals surface area contributed by atoms with Crippen LogP contribution < -0.4 is 0 Å². The molecule has 0 aliphatic rings. The van der Waals surface area contributed by atoms with E-state index in [1.54, 1.807) is 6.20 Å². The van der Waals surface area contributed by atoms with Crippen LogP contribution in [0, 0.1) is 6.92 Å². The third kappa shape index (κ3) is 3.00. The smallest absolute Gasteiger partial charge is 0.107 e. The molecule has 0 bridgehead atoms. The van der Waals surface area contributed by atoms with Crippen LogP contribution in [-0.2, 0) is 9.68 Å². The number of nitrogens with zero attached hydrogens (tertiary/aromatic N) is 2. The van der Waals surface area contributed by atoms with Crippen LogP contribution in [-0.4, -0.2) is 36.1 Å². The van der Waals surface area contributed by atoms with Gasteiger partial charge in [-0.15, -0.1) is 11.3 Å². The highest BCUT2D eigenvalue weighted by molar-refractivity contribution is 7.11. The molecule has 0 radical (unpaired) electrons. The van der Waals surface area contributed by atoms with Crippen LogP contribution in [0.4, 0.5) is 0 Å². The summed E-state index contributed by atoms with van der Waals surface area (Å²) in [7, 11) is 2.96. The predicted octanol–water partition coefficient (Wildman–Crippen LogP) is 0.910. The highest BCUT2D eigenvalue weighted by atomic mass is 32.1. The standard InChI is InChI=1S/C8H14N2O3S/c1-6-9-4-8(14-6)7(11)5-10(12-2)13-3/h4,7,11H,5H2,1-3H3. The molecule has 80 valence electrons. The van der Waals surface area contributed by atoms with Crippen molar-refractivity contribution in [3.05, 3.63) is 16.1 Å². The van der Waals surface area contributed by atoms with Gasteiger partial charge in [0.1, 0.15) is 6.10 Å². The molecule has 0 fully saturated rings. The molecule has 0 aliphatic heterocycles. The van der Waals surface area contributed by atoms with Crippen molar-refractivity contribution in [1.82, 2.24) is 10.2 Å². The molecule has 5 nitrogen and oxygen atoms in total. The van der Waals surface area contributed by atoms with Gasteiger partial charge in [0.2, 0.25) is 0 Å². The minimum Gasteiger partial charge on any atom is -0.386 e. The zero-order chi connectivity index (χ0) is 10.6. The highest BCUT2D eigenvalue weighted by Gasteiger charge is 2.15. The van der Waals surface area contributed by atoms with Crippen molar-refractivity contribution in [3.8, 4) is 0 Å². The van der Waals surface area contributed by atoms with Gasteiger partial charge in [-0.3, -0.25) is 9.68 Å². The average molecular weight is 218 g/mol. The number of aliphatic hydroxyl groups is 1. The summed E-state index contributed by atoms with van der Waals surface area (Å²) in [5, 5.41) is 11.9. The summed E-state index contributed by atoms with van der Waals surface area (Å²) in [4.78, 5) is 14.5. The SMILES string of the molecule is CON(CC(O)c1cnc(C)s1)OC. The number of aliphatic hydroxyl groups excluding tert-OH is 1. The van der Waals surface area contributed by atoms with Gasteiger partial charge in [-0.25, -0.2) is 4.98 Å². The third-order valence-electron chi connectivity index (χ3n) is 1.70. The van der Waals surface area contributed by atoms with Crippen molar-refractivity contribution in [2.45, 2.75) is 13.0 Å². The fourth-order valence-corrected chi connectivity index (χ4v) is 1.75. The lowest BCUT2D eigenvalue weighted by Crippen LogP contribution is -2.26. The Morgan fingerprint density at radius 3 is 2.64 bits per heavy atom. The molecule has 0 spiro atoms. The summed E-state index contributed by atoms with van der Waals surface area (Å²) in [5.41, 5.74) is 0. The number of hydroxylamine groups is 2. The Hall–Kier alpha value is -0.530. The van der Waals surface area contributed by atoms with E-state index in [0.29, 0.717) is 0 Å². The van der Waals surface area contributed by atoms with Crippen molar-refractivity contribution in [2.24, 2.45) is 0 Å². The summed E-state index contributed by atoms with van der Waals surface area (Å²) < 4.78 is 0. The molecule has 14 heavy (non-hydrogen) atoms. The normalized spacial score (nSPS) is 13.5. The van der Waals surface area contributed by atoms with Crippen LogP contribution >= 0.6 is 11.3 Å². The number of rotatable bonds is 5. The lowest BCUT2D eigenvalue weighted by molar-refractivity contribution is -0.349. The Labute approximate surface area is 86.8 Å². The van der Waals surface area contributed by atoms with Gasteiger partial charge >= 0.3 is 0 Å². The van der Waals surface area contributed by atoms with E-state index in [1.165, 1.54) is 30.8 Å². The zero-order valence-electron chi connectivity index (χ0n) is 8.43. The van der Waals surface area contributed by atoms with Crippen molar-refractivity contribution < 1.29 is 14.8 Å². The van der Waals surface area contributed by atoms with E-state index in [0.717, 1.165) is 9.88 Å². The molecule has 1 aromatic heterocycles. The molecule has 1 heterocycles. The number of thiazole rings is 1. The second kappa shape index (κ2) is 5.38. The minimum absolute atomic E-state index is 0.259. The monoisotopic (exact) mass is 218 g/mol. The van der Waals surface area contributed by atoms with Crippen LogP contribution in [0.1, 0.15) is 16.0 Å². The molecular weight excluding hydrogens is 204 g/mol. The summed E-state index contributed by atoms with van der Waals surface area (Å²) >= 11 is 1.46. The first-order chi connectivity index (χ1) is 6.67. The van der Waals surface area contributed by atoms with Crippen LogP contribution in [0.25, 0.3) is 0 Å². The quantitative estimate of drug-likeness (QED) is 0.744. The number of aromatic nitrogens is 1. The number of hydrogen-bond donors (Lipinski definition) is 1. The molecule has 1 aromatic rings. The first-order valence-electron chi connectivity index (χ1n) is 4.13. The Bertz CT molecular complexity index is 275. The van der Waals surface area contributed by atoms with Crippen molar-refractivity contribution in [3.63, 3.8) is 0 Å². The van der Waals surface area contributed by atoms with E-state index < -0.39 is 6.10 Å². The largest absolute Gasteiger partial charge is 0.386 e. The Kier molecular flexibility index (Phi) is 4.43. The molecular formula is C8H14N2O3S. The number of hydrogen-bond acceptors (Lipinski definition) is 6. The van der Waals surface area contributed by atoms with E-state index in [-0.39, 0.29) is 6.54 Å². The molecule has 0 aliphatic carbocycles. The van der Waals surface area contributed by atoms with Crippen LogP contribution in [0.15, 0.2) is 6.20 Å². The summed E-state index contributed by atoms with van der Waals surface area (Å²) in [6.07, 6.45) is 1.02. The molecule has 1 unspecified atom stereocenters. The Balaban J connectivity index is 2.53. The van der Waals surface area contributed by atoms with Gasteiger partial charge in [0.15, 0.2) is 0 Å². The topological polar surface area (TPSA) is 54.8 Å². The van der Waals surface area contributed by atoms with Gasteiger partial charge in [-0.05, 0) is 6.92 Å². The molecule has 6 heteroatoms. The third-order valence-corrected chi connectivity index (χ3v) is 2.71. The van der Waals surface area contributed by atoms with E-state index in [4.69, 9.17) is 9.68 Å². The maximum absolute atomic E-state index is 9.74. The minimum atomic E-state index is -0.638. The average Bonchev–Trinajstić information content (AvgIpc) is 2.61. The second-order valence-electron chi connectivity index (χ2n) is 2.68. The number of aryl methyl sites for hydroxylation is 1. The first-order valence-corrected chi connectivity index (χ1v) is 4.95. The van der Waals surface area contributed by atoms with Crippen LogP contribution in [0.3, 0.4) is 0 Å². The van der Waals surface area contributed by atoms with E-state index >= 15 is 0 Å². The predicted molar refractivity (Wildman–Crippen MR) is 52.5 cm³/mol. The summed E-state index contributed by atoms with van der Waals surface area (Å²) in [6.45, 7) is 2.15. The van der Waals surface area contributed by atoms with Crippen molar-refractivity contribution in [1.29, 1.82) is 0 Å². The molecule has 1 atom stereocenters. The van der Waals surface area contributed by atoms with Crippen LogP contribution in [0.5, 0.6) is 0 Å². The van der Waals surface area contributed by atoms with Gasteiger partial charge in [0.05, 0.1) is 30.6 Å². The lowest BCUT2D eigenvalue weighted by Gasteiger charge is -2.18. The summed E-state index contributed by atoms with van der Waals surface area (Å²) in [6, 6.07) is 0. The van der Waals surface area contributed by atoms with Gasteiger partial charge in [0.25, 0.3) is 0 Å². The molecule has 0 saturated carbocycles. The molecule has 1 rings (SSSR count). The Morgan fingerprint density at radius 2 is 2.21 bits per heavy atom. The van der Waals surface area contributed by atoms with Crippen LogP contribution in [0.2, 0.25) is 0 Å². The van der Waals surface area contributed by atoms with Crippen molar-refractivity contribution in [2.75, 3.05) is 20.8 Å². The lowest BCUT2D eigenvalue weighted by atomic mass is 10.3. The van der Waals surface area contributed by atoms with Crippen molar-refractivity contribution >= 4 is 11.3 Å². The molecule has 0 saturated heterocycles. The Morgan fingerprint density at radius 1 is 1.57 bits per heavy atom. The molecule has 0 amide bonds. The first kappa shape index (κ1) is 11.5. The van der Waals surface area contributed by atoms with E-state index in [2.05, 4.69) is 4.98 Å².